The maximum Gasteiger partial charge on any atom is 0.261 e. The van der Waals surface area contributed by atoms with Gasteiger partial charge in [-0.1, -0.05) is 13.8 Å². The number of hydrogen-bond donors (Lipinski definition) is 2. The second-order valence-electron chi connectivity index (χ2n) is 4.79. The third-order valence-electron chi connectivity index (χ3n) is 2.61. The van der Waals surface area contributed by atoms with E-state index in [0.717, 1.165) is 6.42 Å². The van der Waals surface area contributed by atoms with E-state index in [0.29, 0.717) is 22.9 Å². The molecule has 0 fully saturated rings. The Labute approximate surface area is 112 Å². The van der Waals surface area contributed by atoms with E-state index in [4.69, 9.17) is 5.73 Å². The Morgan fingerprint density at radius 1 is 1.44 bits per heavy atom. The van der Waals surface area contributed by atoms with Crippen LogP contribution in [0.5, 0.6) is 0 Å². The van der Waals surface area contributed by atoms with Crippen LogP contribution in [0.15, 0.2) is 11.4 Å². The molecule has 1 heterocycles. The smallest absolute Gasteiger partial charge is 0.261 e. The van der Waals surface area contributed by atoms with Crippen molar-refractivity contribution in [2.75, 3.05) is 6.54 Å². The molecule has 5 heteroatoms. The van der Waals surface area contributed by atoms with Gasteiger partial charge in [-0.2, -0.15) is 0 Å². The predicted octanol–water partition coefficient (Wildman–Crippen LogP) is 2.05. The minimum absolute atomic E-state index is 0.0135. The molecule has 1 unspecified atom stereocenters. The van der Waals surface area contributed by atoms with Gasteiger partial charge < -0.3 is 11.1 Å². The Morgan fingerprint density at radius 2 is 2.11 bits per heavy atom. The fourth-order valence-electron chi connectivity index (χ4n) is 1.68. The van der Waals surface area contributed by atoms with Gasteiger partial charge in [-0.3, -0.25) is 9.59 Å². The van der Waals surface area contributed by atoms with E-state index >= 15 is 0 Å². The second kappa shape index (κ2) is 6.66. The van der Waals surface area contributed by atoms with Gasteiger partial charge in [0.15, 0.2) is 5.78 Å². The number of ketones is 1. The van der Waals surface area contributed by atoms with Crippen molar-refractivity contribution in [2.45, 2.75) is 33.2 Å². The monoisotopic (exact) mass is 268 g/mol. The molecule has 0 aliphatic carbocycles. The van der Waals surface area contributed by atoms with Gasteiger partial charge in [-0.15, -0.1) is 11.3 Å². The first kappa shape index (κ1) is 14.9. The number of rotatable bonds is 6. The van der Waals surface area contributed by atoms with Crippen LogP contribution in [0.2, 0.25) is 0 Å². The summed E-state index contributed by atoms with van der Waals surface area (Å²) in [4.78, 5) is 23.7. The summed E-state index contributed by atoms with van der Waals surface area (Å²) in [6, 6.07) is 1.62. The van der Waals surface area contributed by atoms with Crippen LogP contribution in [0.3, 0.4) is 0 Å². The number of hydrogen-bond acceptors (Lipinski definition) is 4. The number of thiophene rings is 1. The lowest BCUT2D eigenvalue weighted by Crippen LogP contribution is -2.40. The summed E-state index contributed by atoms with van der Waals surface area (Å²) >= 11 is 1.28. The van der Waals surface area contributed by atoms with E-state index in [9.17, 15) is 9.59 Å². The van der Waals surface area contributed by atoms with Crippen LogP contribution in [-0.2, 0) is 0 Å². The molecule has 0 saturated carbocycles. The zero-order chi connectivity index (χ0) is 13.7. The van der Waals surface area contributed by atoms with E-state index in [1.807, 2.05) is 0 Å². The lowest BCUT2D eigenvalue weighted by atomic mass is 10.0. The average Bonchev–Trinajstić information content (AvgIpc) is 2.76. The Bertz CT molecular complexity index is 426. The molecular formula is C13H20N2O2S. The molecule has 0 aromatic carbocycles. The second-order valence-corrected chi connectivity index (χ2v) is 5.70. The minimum Gasteiger partial charge on any atom is -0.347 e. The van der Waals surface area contributed by atoms with Gasteiger partial charge in [0.2, 0.25) is 0 Å². The van der Waals surface area contributed by atoms with Gasteiger partial charge in [0.25, 0.3) is 5.91 Å². The van der Waals surface area contributed by atoms with Crippen molar-refractivity contribution in [3.05, 3.63) is 21.9 Å². The Balaban J connectivity index is 2.65. The van der Waals surface area contributed by atoms with Gasteiger partial charge >= 0.3 is 0 Å². The van der Waals surface area contributed by atoms with Gasteiger partial charge in [-0.25, -0.2) is 0 Å². The number of carbonyl (C=O) groups is 2. The summed E-state index contributed by atoms with van der Waals surface area (Å²) in [7, 11) is 0. The summed E-state index contributed by atoms with van der Waals surface area (Å²) < 4.78 is 0. The van der Waals surface area contributed by atoms with Crippen molar-refractivity contribution in [3.63, 3.8) is 0 Å². The van der Waals surface area contributed by atoms with Gasteiger partial charge in [0.1, 0.15) is 0 Å². The van der Waals surface area contributed by atoms with Crippen LogP contribution in [0.4, 0.5) is 0 Å². The molecule has 0 bridgehead atoms. The highest BCUT2D eigenvalue weighted by Crippen LogP contribution is 2.15. The quantitative estimate of drug-likeness (QED) is 0.776. The maximum atomic E-state index is 12.0. The van der Waals surface area contributed by atoms with Crippen LogP contribution in [0.1, 0.15) is 47.2 Å². The summed E-state index contributed by atoms with van der Waals surface area (Å²) in [5.74, 6) is 0.307. The van der Waals surface area contributed by atoms with Crippen molar-refractivity contribution in [1.82, 2.24) is 5.32 Å². The summed E-state index contributed by atoms with van der Waals surface area (Å²) in [6.07, 6.45) is 0.854. The molecular weight excluding hydrogens is 248 g/mol. The van der Waals surface area contributed by atoms with Gasteiger partial charge in [0.05, 0.1) is 4.88 Å². The zero-order valence-electron chi connectivity index (χ0n) is 11.0. The van der Waals surface area contributed by atoms with Crippen molar-refractivity contribution in [3.8, 4) is 0 Å². The maximum absolute atomic E-state index is 12.0. The van der Waals surface area contributed by atoms with Crippen LogP contribution in [0, 0.1) is 5.92 Å². The third-order valence-corrected chi connectivity index (χ3v) is 3.53. The molecule has 1 amide bonds. The predicted molar refractivity (Wildman–Crippen MR) is 74.1 cm³/mol. The van der Waals surface area contributed by atoms with E-state index in [1.165, 1.54) is 18.3 Å². The Kier molecular flexibility index (Phi) is 5.50. The molecule has 1 aromatic rings. The fraction of sp³-hybridized carbons (Fsp3) is 0.538. The van der Waals surface area contributed by atoms with Crippen LogP contribution in [-0.4, -0.2) is 24.3 Å². The largest absolute Gasteiger partial charge is 0.347 e. The van der Waals surface area contributed by atoms with E-state index in [2.05, 4.69) is 19.2 Å². The highest BCUT2D eigenvalue weighted by Gasteiger charge is 2.16. The summed E-state index contributed by atoms with van der Waals surface area (Å²) in [6.45, 7) is 6.10. The van der Waals surface area contributed by atoms with Crippen molar-refractivity contribution in [2.24, 2.45) is 11.7 Å². The van der Waals surface area contributed by atoms with Crippen LogP contribution < -0.4 is 11.1 Å². The van der Waals surface area contributed by atoms with Gasteiger partial charge in [-0.05, 0) is 25.3 Å². The number of amides is 1. The zero-order valence-corrected chi connectivity index (χ0v) is 11.8. The van der Waals surface area contributed by atoms with Crippen LogP contribution >= 0.6 is 11.3 Å². The average molecular weight is 268 g/mol. The first-order chi connectivity index (χ1) is 8.43. The molecule has 1 atom stereocenters. The minimum atomic E-state index is -0.149. The highest BCUT2D eigenvalue weighted by molar-refractivity contribution is 7.12. The number of Topliss-reactive ketones (excluding diaryl/α,β-unsaturated/α-hetero) is 1. The molecule has 0 saturated heterocycles. The third kappa shape index (κ3) is 4.23. The van der Waals surface area contributed by atoms with E-state index in [-0.39, 0.29) is 17.7 Å². The Morgan fingerprint density at radius 3 is 2.56 bits per heavy atom. The molecule has 0 aliphatic heterocycles. The van der Waals surface area contributed by atoms with Crippen molar-refractivity contribution < 1.29 is 9.59 Å². The fourth-order valence-corrected chi connectivity index (χ4v) is 2.53. The standard InChI is InChI=1S/C13H20N2O2S/c1-8(2)4-11(6-14)15-13(17)12-5-10(7-18-12)9(3)16/h5,7-8,11H,4,6,14H2,1-3H3,(H,15,17). The summed E-state index contributed by atoms with van der Waals surface area (Å²) in [5, 5.41) is 4.61. The lowest BCUT2D eigenvalue weighted by Gasteiger charge is -2.18. The molecule has 4 nitrogen and oxygen atoms in total. The molecule has 1 aromatic heterocycles. The normalized spacial score (nSPS) is 12.5. The Hall–Kier alpha value is -1.20. The molecule has 0 radical (unpaired) electrons. The molecule has 3 N–H and O–H groups in total. The SMILES string of the molecule is CC(=O)c1csc(C(=O)NC(CN)CC(C)C)c1. The number of carbonyl (C=O) groups excluding carboxylic acids is 2. The lowest BCUT2D eigenvalue weighted by molar-refractivity contribution is 0.0938. The van der Waals surface area contributed by atoms with Gasteiger partial charge in [0, 0.05) is 23.5 Å². The molecule has 0 aliphatic rings. The van der Waals surface area contributed by atoms with E-state index in [1.54, 1.807) is 11.4 Å². The van der Waals surface area contributed by atoms with Crippen molar-refractivity contribution >= 4 is 23.0 Å². The van der Waals surface area contributed by atoms with Crippen LogP contribution in [0.25, 0.3) is 0 Å². The topological polar surface area (TPSA) is 72.2 Å². The summed E-state index contributed by atoms with van der Waals surface area (Å²) in [5.41, 5.74) is 6.22. The number of nitrogens with two attached hydrogens (primary N) is 1. The first-order valence-corrected chi connectivity index (χ1v) is 6.92. The molecule has 0 spiro atoms. The van der Waals surface area contributed by atoms with E-state index < -0.39 is 0 Å². The first-order valence-electron chi connectivity index (χ1n) is 6.04. The molecule has 100 valence electrons. The highest BCUT2D eigenvalue weighted by atomic mass is 32.1. The molecule has 1 rings (SSSR count). The molecule has 18 heavy (non-hydrogen) atoms. The number of nitrogens with one attached hydrogen (secondary N) is 1. The van der Waals surface area contributed by atoms with Crippen molar-refractivity contribution in [1.29, 1.82) is 0 Å².